The Morgan fingerprint density at radius 1 is 1.10 bits per heavy atom. The Labute approximate surface area is 123 Å². The SMILES string of the molecule is Cc1ccccc1Nc1nccc(-c2cn(C)nc2C)n1. The van der Waals surface area contributed by atoms with Crippen molar-refractivity contribution >= 4 is 11.6 Å². The summed E-state index contributed by atoms with van der Waals surface area (Å²) in [6.07, 6.45) is 3.73. The highest BCUT2D eigenvalue weighted by Crippen LogP contribution is 2.22. The van der Waals surface area contributed by atoms with Crippen molar-refractivity contribution in [2.24, 2.45) is 7.05 Å². The highest BCUT2D eigenvalue weighted by molar-refractivity contribution is 5.64. The van der Waals surface area contributed by atoms with Gasteiger partial charge in [0.1, 0.15) is 0 Å². The lowest BCUT2D eigenvalue weighted by atomic mass is 10.2. The quantitative estimate of drug-likeness (QED) is 0.799. The van der Waals surface area contributed by atoms with Crippen molar-refractivity contribution < 1.29 is 0 Å². The lowest BCUT2D eigenvalue weighted by molar-refractivity contribution is 0.756. The third kappa shape index (κ3) is 2.76. The van der Waals surface area contributed by atoms with Gasteiger partial charge in [-0.05, 0) is 31.5 Å². The van der Waals surface area contributed by atoms with Gasteiger partial charge >= 0.3 is 0 Å². The largest absolute Gasteiger partial charge is 0.324 e. The van der Waals surface area contributed by atoms with Gasteiger partial charge in [0.2, 0.25) is 5.95 Å². The molecule has 3 rings (SSSR count). The van der Waals surface area contributed by atoms with Crippen LogP contribution in [0, 0.1) is 13.8 Å². The zero-order chi connectivity index (χ0) is 14.8. The lowest BCUT2D eigenvalue weighted by Crippen LogP contribution is -1.99. The molecule has 5 nitrogen and oxygen atoms in total. The standard InChI is InChI=1S/C16H17N5/c1-11-6-4-5-7-14(11)18-16-17-9-8-15(19-16)13-10-21(3)20-12(13)2/h4-10H,1-3H3,(H,17,18,19). The molecule has 0 atom stereocenters. The number of anilines is 2. The van der Waals surface area contributed by atoms with Gasteiger partial charge in [0, 0.05) is 30.7 Å². The first-order valence-corrected chi connectivity index (χ1v) is 6.80. The summed E-state index contributed by atoms with van der Waals surface area (Å²) in [6.45, 7) is 4.03. The molecule has 2 heterocycles. The molecule has 1 N–H and O–H groups in total. The Balaban J connectivity index is 1.94. The van der Waals surface area contributed by atoms with E-state index in [0.29, 0.717) is 5.95 Å². The Kier molecular flexibility index (Phi) is 3.39. The fraction of sp³-hybridized carbons (Fsp3) is 0.188. The second-order valence-corrected chi connectivity index (χ2v) is 5.01. The van der Waals surface area contributed by atoms with E-state index in [1.165, 1.54) is 0 Å². The van der Waals surface area contributed by atoms with E-state index >= 15 is 0 Å². The van der Waals surface area contributed by atoms with Crippen molar-refractivity contribution in [3.05, 3.63) is 54.0 Å². The minimum atomic E-state index is 0.588. The molecule has 106 valence electrons. The number of hydrogen-bond acceptors (Lipinski definition) is 4. The molecule has 3 aromatic rings. The molecule has 0 radical (unpaired) electrons. The van der Waals surface area contributed by atoms with Gasteiger partial charge in [-0.2, -0.15) is 5.10 Å². The molecule has 0 fully saturated rings. The number of para-hydroxylation sites is 1. The van der Waals surface area contributed by atoms with Crippen molar-refractivity contribution in [1.82, 2.24) is 19.7 Å². The number of nitrogens with zero attached hydrogens (tertiary/aromatic N) is 4. The summed E-state index contributed by atoms with van der Waals surface area (Å²) in [7, 11) is 1.91. The zero-order valence-electron chi connectivity index (χ0n) is 12.3. The smallest absolute Gasteiger partial charge is 0.227 e. The second kappa shape index (κ2) is 5.36. The molecule has 21 heavy (non-hydrogen) atoms. The summed E-state index contributed by atoms with van der Waals surface area (Å²) in [4.78, 5) is 8.87. The summed E-state index contributed by atoms with van der Waals surface area (Å²) < 4.78 is 1.79. The van der Waals surface area contributed by atoms with Crippen LogP contribution in [0.3, 0.4) is 0 Å². The molecule has 0 saturated carbocycles. The van der Waals surface area contributed by atoms with E-state index in [2.05, 4.69) is 33.4 Å². The van der Waals surface area contributed by atoms with E-state index < -0.39 is 0 Å². The molecule has 1 aromatic carbocycles. The lowest BCUT2D eigenvalue weighted by Gasteiger charge is -2.08. The minimum absolute atomic E-state index is 0.588. The first-order valence-electron chi connectivity index (χ1n) is 6.80. The first kappa shape index (κ1) is 13.3. The number of aromatic nitrogens is 4. The van der Waals surface area contributed by atoms with Crippen LogP contribution in [0.1, 0.15) is 11.3 Å². The van der Waals surface area contributed by atoms with Crippen molar-refractivity contribution in [1.29, 1.82) is 0 Å². The summed E-state index contributed by atoms with van der Waals surface area (Å²) in [6, 6.07) is 9.96. The van der Waals surface area contributed by atoms with Gasteiger partial charge in [0.15, 0.2) is 0 Å². The minimum Gasteiger partial charge on any atom is -0.324 e. The van der Waals surface area contributed by atoms with Crippen LogP contribution >= 0.6 is 0 Å². The fourth-order valence-corrected chi connectivity index (χ4v) is 2.25. The molecule has 0 aliphatic carbocycles. The van der Waals surface area contributed by atoms with E-state index in [1.807, 2.05) is 44.4 Å². The average molecular weight is 279 g/mol. The Morgan fingerprint density at radius 2 is 1.90 bits per heavy atom. The monoisotopic (exact) mass is 279 g/mol. The van der Waals surface area contributed by atoms with E-state index in [4.69, 9.17) is 0 Å². The van der Waals surface area contributed by atoms with Gasteiger partial charge in [0.05, 0.1) is 11.4 Å². The van der Waals surface area contributed by atoms with E-state index in [-0.39, 0.29) is 0 Å². The maximum atomic E-state index is 4.58. The van der Waals surface area contributed by atoms with Crippen LogP contribution < -0.4 is 5.32 Å². The van der Waals surface area contributed by atoms with E-state index in [1.54, 1.807) is 10.9 Å². The number of rotatable bonds is 3. The maximum absolute atomic E-state index is 4.58. The zero-order valence-corrected chi connectivity index (χ0v) is 12.3. The summed E-state index contributed by atoms with van der Waals surface area (Å²) in [5.74, 6) is 0.588. The van der Waals surface area contributed by atoms with Crippen molar-refractivity contribution in [3.8, 4) is 11.3 Å². The normalized spacial score (nSPS) is 10.6. The van der Waals surface area contributed by atoms with Crippen LogP contribution in [0.25, 0.3) is 11.3 Å². The van der Waals surface area contributed by atoms with Gasteiger partial charge in [-0.1, -0.05) is 18.2 Å². The summed E-state index contributed by atoms with van der Waals surface area (Å²) in [5, 5.41) is 7.61. The predicted octanol–water partition coefficient (Wildman–Crippen LogP) is 3.24. The molecule has 0 unspecified atom stereocenters. The Hall–Kier alpha value is -2.69. The number of benzene rings is 1. The van der Waals surface area contributed by atoms with Crippen molar-refractivity contribution in [3.63, 3.8) is 0 Å². The van der Waals surface area contributed by atoms with Gasteiger partial charge in [-0.15, -0.1) is 0 Å². The van der Waals surface area contributed by atoms with Crippen molar-refractivity contribution in [2.75, 3.05) is 5.32 Å². The average Bonchev–Trinajstić information content (AvgIpc) is 2.81. The third-order valence-electron chi connectivity index (χ3n) is 3.34. The maximum Gasteiger partial charge on any atom is 0.227 e. The number of hydrogen-bond donors (Lipinski definition) is 1. The van der Waals surface area contributed by atoms with Gasteiger partial charge in [0.25, 0.3) is 0 Å². The molecular formula is C16H17N5. The van der Waals surface area contributed by atoms with Gasteiger partial charge in [-0.3, -0.25) is 4.68 Å². The second-order valence-electron chi connectivity index (χ2n) is 5.01. The van der Waals surface area contributed by atoms with Gasteiger partial charge in [-0.25, -0.2) is 9.97 Å². The van der Waals surface area contributed by atoms with Gasteiger partial charge < -0.3 is 5.32 Å². The van der Waals surface area contributed by atoms with Crippen LogP contribution in [0.2, 0.25) is 0 Å². The summed E-state index contributed by atoms with van der Waals surface area (Å²) >= 11 is 0. The van der Waals surface area contributed by atoms with Crippen LogP contribution in [0.15, 0.2) is 42.7 Å². The topological polar surface area (TPSA) is 55.6 Å². The molecule has 0 aliphatic rings. The molecule has 0 bridgehead atoms. The van der Waals surface area contributed by atoms with E-state index in [9.17, 15) is 0 Å². The highest BCUT2D eigenvalue weighted by atomic mass is 15.3. The predicted molar refractivity (Wildman–Crippen MR) is 83.4 cm³/mol. The van der Waals surface area contributed by atoms with E-state index in [0.717, 1.165) is 28.2 Å². The highest BCUT2D eigenvalue weighted by Gasteiger charge is 2.09. The van der Waals surface area contributed by atoms with Crippen LogP contribution in [-0.4, -0.2) is 19.7 Å². The molecular weight excluding hydrogens is 262 g/mol. The first-order chi connectivity index (χ1) is 10.1. The number of nitrogens with one attached hydrogen (secondary N) is 1. The molecule has 0 amide bonds. The molecule has 2 aromatic heterocycles. The Bertz CT molecular complexity index is 776. The molecule has 0 spiro atoms. The Morgan fingerprint density at radius 3 is 2.62 bits per heavy atom. The summed E-state index contributed by atoms with van der Waals surface area (Å²) in [5.41, 5.74) is 5.01. The molecule has 5 heteroatoms. The van der Waals surface area contributed by atoms with Crippen LogP contribution in [-0.2, 0) is 7.05 Å². The molecule has 0 saturated heterocycles. The molecule has 0 aliphatic heterocycles. The van der Waals surface area contributed by atoms with Crippen molar-refractivity contribution in [2.45, 2.75) is 13.8 Å². The fourth-order valence-electron chi connectivity index (χ4n) is 2.25. The van der Waals surface area contributed by atoms with Crippen LogP contribution in [0.4, 0.5) is 11.6 Å². The number of aryl methyl sites for hydroxylation is 3. The van der Waals surface area contributed by atoms with Crippen LogP contribution in [0.5, 0.6) is 0 Å². The third-order valence-corrected chi connectivity index (χ3v) is 3.34.